The van der Waals surface area contributed by atoms with Crippen LogP contribution in [0.5, 0.6) is 0 Å². The summed E-state index contributed by atoms with van der Waals surface area (Å²) < 4.78 is 7.28. The summed E-state index contributed by atoms with van der Waals surface area (Å²) in [5, 5.41) is 2.20. The molecule has 2 aromatic heterocycles. The van der Waals surface area contributed by atoms with E-state index in [-0.39, 0.29) is 0 Å². The van der Waals surface area contributed by atoms with Crippen molar-refractivity contribution in [3.8, 4) is 11.4 Å². The number of aromatic nitrogens is 3. The van der Waals surface area contributed by atoms with Gasteiger partial charge in [0.1, 0.15) is 11.0 Å². The van der Waals surface area contributed by atoms with Gasteiger partial charge in [0, 0.05) is 31.8 Å². The van der Waals surface area contributed by atoms with Gasteiger partial charge < -0.3 is 4.42 Å². The number of rotatable bonds is 4. The molecule has 38 heavy (non-hydrogen) atoms. The third-order valence-electron chi connectivity index (χ3n) is 7.15. The van der Waals surface area contributed by atoms with Gasteiger partial charge in [-0.1, -0.05) is 82.7 Å². The van der Waals surface area contributed by atoms with Crippen LogP contribution < -0.4 is 10.6 Å². The summed E-state index contributed by atoms with van der Waals surface area (Å²) in [5.41, 5.74) is 7.43. The number of halogens is 1. The standard InChI is InChI=1S/C33H24BrN3O/c34-25-14-7-12-23(20-25)22-11-6-13-24(19-22)32-35-31(21-9-2-1-3-10-21)36-33(37-32)27-16-8-18-29-30(27)26-15-4-5-17-28(26)38-29/h1-5,7,9-10,12-15,17-20H,6,8,11,16H2. The molecule has 0 radical (unpaired) electrons. The number of fused-ring (bicyclic) bond motifs is 3. The van der Waals surface area contributed by atoms with Crippen molar-refractivity contribution in [1.82, 2.24) is 15.0 Å². The Bertz CT molecular complexity index is 1880. The van der Waals surface area contributed by atoms with Crippen molar-refractivity contribution in [2.75, 3.05) is 0 Å². The molecule has 0 N–H and O–H groups in total. The number of allylic oxidation sites excluding steroid dienone is 4. The quantitative estimate of drug-likeness (QED) is 0.237. The van der Waals surface area contributed by atoms with Crippen LogP contribution in [-0.4, -0.2) is 15.0 Å². The smallest absolute Gasteiger partial charge is 0.164 e. The summed E-state index contributed by atoms with van der Waals surface area (Å²) in [4.78, 5) is 15.1. The zero-order valence-corrected chi connectivity index (χ0v) is 22.3. The summed E-state index contributed by atoms with van der Waals surface area (Å²) in [5.74, 6) is 2.11. The van der Waals surface area contributed by atoms with Gasteiger partial charge in [-0.25, -0.2) is 15.0 Å². The van der Waals surface area contributed by atoms with Gasteiger partial charge in [0.05, 0.1) is 0 Å². The van der Waals surface area contributed by atoms with Crippen LogP contribution >= 0.6 is 15.9 Å². The number of benzene rings is 3. The fourth-order valence-corrected chi connectivity index (χ4v) is 5.74. The lowest BCUT2D eigenvalue weighted by Gasteiger charge is -2.16. The molecule has 2 aliphatic carbocycles. The lowest BCUT2D eigenvalue weighted by atomic mass is 9.93. The molecular formula is C33H24BrN3O. The van der Waals surface area contributed by atoms with Crippen LogP contribution in [0.2, 0.25) is 0 Å². The predicted octanol–water partition coefficient (Wildman–Crippen LogP) is 7.08. The maximum Gasteiger partial charge on any atom is 0.164 e. The zero-order chi connectivity index (χ0) is 25.5. The molecule has 3 aromatic carbocycles. The first-order valence-corrected chi connectivity index (χ1v) is 13.7. The van der Waals surface area contributed by atoms with Gasteiger partial charge in [0.2, 0.25) is 0 Å². The molecule has 0 bridgehead atoms. The highest BCUT2D eigenvalue weighted by Crippen LogP contribution is 2.32. The molecule has 2 aliphatic rings. The number of nitrogens with zero attached hydrogens (tertiary/aromatic N) is 3. The first kappa shape index (κ1) is 23.1. The number of hydrogen-bond acceptors (Lipinski definition) is 4. The van der Waals surface area contributed by atoms with Crippen LogP contribution in [-0.2, 0) is 0 Å². The fourth-order valence-electron chi connectivity index (χ4n) is 5.35. The van der Waals surface area contributed by atoms with Gasteiger partial charge in [-0.15, -0.1) is 0 Å². The molecule has 7 rings (SSSR count). The van der Waals surface area contributed by atoms with Gasteiger partial charge >= 0.3 is 0 Å². The lowest BCUT2D eigenvalue weighted by Crippen LogP contribution is -2.27. The summed E-state index contributed by atoms with van der Waals surface area (Å²) in [6.45, 7) is 0. The van der Waals surface area contributed by atoms with Crippen LogP contribution in [0, 0.1) is 0 Å². The minimum atomic E-state index is 0.686. The van der Waals surface area contributed by atoms with Crippen molar-refractivity contribution in [2.45, 2.75) is 25.7 Å². The number of para-hydroxylation sites is 1. The first-order valence-electron chi connectivity index (χ1n) is 12.9. The molecule has 5 aromatic rings. The van der Waals surface area contributed by atoms with E-state index in [4.69, 9.17) is 19.4 Å². The van der Waals surface area contributed by atoms with Crippen LogP contribution in [0.4, 0.5) is 0 Å². The average molecular weight is 558 g/mol. The highest BCUT2D eigenvalue weighted by Gasteiger charge is 2.20. The molecule has 0 amide bonds. The molecule has 0 spiro atoms. The number of furan rings is 1. The minimum absolute atomic E-state index is 0.686. The average Bonchev–Trinajstić information content (AvgIpc) is 3.36. The molecule has 0 saturated carbocycles. The zero-order valence-electron chi connectivity index (χ0n) is 20.7. The molecule has 5 heteroatoms. The van der Waals surface area contributed by atoms with Crippen molar-refractivity contribution in [2.24, 2.45) is 0 Å². The second-order valence-corrected chi connectivity index (χ2v) is 10.5. The minimum Gasteiger partial charge on any atom is -0.456 e. The van der Waals surface area contributed by atoms with E-state index in [0.29, 0.717) is 11.6 Å². The molecule has 2 heterocycles. The van der Waals surface area contributed by atoms with Crippen molar-refractivity contribution >= 4 is 49.7 Å². The van der Waals surface area contributed by atoms with Crippen molar-refractivity contribution in [3.05, 3.63) is 123 Å². The molecule has 0 atom stereocenters. The highest BCUT2D eigenvalue weighted by atomic mass is 79.9. The van der Waals surface area contributed by atoms with Crippen molar-refractivity contribution < 1.29 is 4.42 Å². The Kier molecular flexibility index (Phi) is 5.86. The first-order chi connectivity index (χ1) is 18.7. The van der Waals surface area contributed by atoms with Crippen LogP contribution in [0.1, 0.15) is 42.9 Å². The Balaban J connectivity index is 1.44. The third kappa shape index (κ3) is 4.23. The highest BCUT2D eigenvalue weighted by molar-refractivity contribution is 9.10. The van der Waals surface area contributed by atoms with Crippen molar-refractivity contribution in [3.63, 3.8) is 0 Å². The normalized spacial score (nSPS) is 15.0. The van der Waals surface area contributed by atoms with E-state index < -0.39 is 0 Å². The van der Waals surface area contributed by atoms with Gasteiger partial charge in [-0.05, 0) is 67.2 Å². The topological polar surface area (TPSA) is 51.8 Å². The summed E-state index contributed by atoms with van der Waals surface area (Å²) >= 11 is 3.62. The fraction of sp³-hybridized carbons (Fsp3) is 0.121. The molecule has 0 saturated heterocycles. The predicted molar refractivity (Wildman–Crippen MR) is 156 cm³/mol. The van der Waals surface area contributed by atoms with Gasteiger partial charge in [-0.3, -0.25) is 0 Å². The molecule has 0 unspecified atom stereocenters. The van der Waals surface area contributed by atoms with E-state index >= 15 is 0 Å². The summed E-state index contributed by atoms with van der Waals surface area (Å²) in [6.07, 6.45) is 10.3. The van der Waals surface area contributed by atoms with E-state index in [1.54, 1.807) is 0 Å². The Labute approximate surface area is 228 Å². The molecular weight excluding hydrogens is 534 g/mol. The summed E-state index contributed by atoms with van der Waals surface area (Å²) in [6, 6.07) is 26.8. The van der Waals surface area contributed by atoms with E-state index in [0.717, 1.165) is 74.3 Å². The molecule has 184 valence electrons. The second-order valence-electron chi connectivity index (χ2n) is 9.61. The molecule has 4 nitrogen and oxygen atoms in total. The van der Waals surface area contributed by atoms with E-state index in [1.165, 1.54) is 11.1 Å². The van der Waals surface area contributed by atoms with Crippen LogP contribution in [0.3, 0.4) is 0 Å². The second kappa shape index (κ2) is 9.66. The Hall–Kier alpha value is -4.09. The van der Waals surface area contributed by atoms with E-state index in [9.17, 15) is 0 Å². The Morgan fingerprint density at radius 3 is 2.34 bits per heavy atom. The maximum atomic E-state index is 6.20. The SMILES string of the molecule is Brc1cccc(C2=CC(c3nc(C4=c5c(oc6ccccc56)=CCC4)nc(-c4ccccc4)n3)=CCC2)c1. The van der Waals surface area contributed by atoms with E-state index in [1.807, 2.05) is 30.3 Å². The monoisotopic (exact) mass is 557 g/mol. The lowest BCUT2D eigenvalue weighted by molar-refractivity contribution is 0.571. The largest absolute Gasteiger partial charge is 0.456 e. The van der Waals surface area contributed by atoms with Gasteiger partial charge in [-0.2, -0.15) is 0 Å². The van der Waals surface area contributed by atoms with Crippen LogP contribution in [0.15, 0.2) is 99.9 Å². The van der Waals surface area contributed by atoms with Crippen molar-refractivity contribution in [1.29, 1.82) is 0 Å². The molecule has 0 fully saturated rings. The Morgan fingerprint density at radius 2 is 1.45 bits per heavy atom. The maximum absolute atomic E-state index is 6.20. The third-order valence-corrected chi connectivity index (χ3v) is 7.64. The van der Waals surface area contributed by atoms with Gasteiger partial charge in [0.25, 0.3) is 0 Å². The Morgan fingerprint density at radius 1 is 0.684 bits per heavy atom. The van der Waals surface area contributed by atoms with Gasteiger partial charge in [0.15, 0.2) is 17.5 Å². The van der Waals surface area contributed by atoms with E-state index in [2.05, 4.69) is 82.7 Å². The summed E-state index contributed by atoms with van der Waals surface area (Å²) in [7, 11) is 0. The number of hydrogen-bond donors (Lipinski definition) is 0. The molecule has 0 aliphatic heterocycles. The van der Waals surface area contributed by atoms with Crippen LogP contribution in [0.25, 0.3) is 45.2 Å².